The van der Waals surface area contributed by atoms with Gasteiger partial charge >= 0.3 is 0 Å². The minimum absolute atomic E-state index is 0.103. The number of benzene rings is 1. The Morgan fingerprint density at radius 1 is 1.00 bits per heavy atom. The average molecular weight is 251 g/mol. The highest BCUT2D eigenvalue weighted by Gasteiger charge is 2.15. The highest BCUT2D eigenvalue weighted by molar-refractivity contribution is 5.81. The molecule has 3 heteroatoms. The molecule has 0 radical (unpaired) electrons. The van der Waals surface area contributed by atoms with Crippen molar-refractivity contribution in [1.29, 1.82) is 0 Å². The van der Waals surface area contributed by atoms with Crippen LogP contribution in [-0.2, 0) is 11.2 Å². The van der Waals surface area contributed by atoms with Gasteiger partial charge in [-0.15, -0.1) is 0 Å². The standard InChI is InChI=1S/C16H13NO2/c17-16(18)10-15-13(11-5-2-1-3-6-11)9-12-7-4-8-14(12)19-15/h1-9H,10H2,(H2,17,18). The molecular weight excluding hydrogens is 238 g/mol. The first-order valence-corrected chi connectivity index (χ1v) is 6.09. The van der Waals surface area contributed by atoms with Gasteiger partial charge in [0.25, 0.3) is 0 Å². The smallest absolute Gasteiger partial charge is 0.225 e. The second-order valence-electron chi connectivity index (χ2n) is 4.44. The number of hydrogen-bond donors (Lipinski definition) is 1. The van der Waals surface area contributed by atoms with E-state index >= 15 is 0 Å². The largest absolute Gasteiger partial charge is 0.460 e. The van der Waals surface area contributed by atoms with Crippen molar-refractivity contribution in [3.63, 3.8) is 0 Å². The molecule has 0 aromatic heterocycles. The van der Waals surface area contributed by atoms with Crippen LogP contribution >= 0.6 is 0 Å². The van der Waals surface area contributed by atoms with Gasteiger partial charge in [-0.3, -0.25) is 4.79 Å². The third-order valence-corrected chi connectivity index (χ3v) is 3.06. The number of fused-ring (bicyclic) bond motifs is 1. The zero-order chi connectivity index (χ0) is 13.2. The molecule has 3 nitrogen and oxygen atoms in total. The van der Waals surface area contributed by atoms with Crippen molar-refractivity contribution in [3.8, 4) is 22.5 Å². The van der Waals surface area contributed by atoms with Gasteiger partial charge < -0.3 is 10.2 Å². The minimum Gasteiger partial charge on any atom is -0.460 e. The van der Waals surface area contributed by atoms with Gasteiger partial charge in [-0.05, 0) is 17.7 Å². The fourth-order valence-electron chi connectivity index (χ4n) is 2.21. The number of primary amides is 1. The molecule has 2 N–H and O–H groups in total. The Kier molecular flexibility index (Phi) is 2.80. The Labute approximate surface area is 111 Å². The van der Waals surface area contributed by atoms with Gasteiger partial charge in [-0.1, -0.05) is 42.5 Å². The lowest BCUT2D eigenvalue weighted by Crippen LogP contribution is -2.14. The van der Waals surface area contributed by atoms with Crippen LogP contribution in [0.5, 0.6) is 0 Å². The third-order valence-electron chi connectivity index (χ3n) is 3.06. The molecule has 1 amide bonds. The minimum atomic E-state index is -0.396. The Hall–Kier alpha value is -2.55. The SMILES string of the molecule is NC(=O)Cc1oc2cccc-2cc1-c1ccccc1. The fraction of sp³-hybridized carbons (Fsp3) is 0.0625. The van der Waals surface area contributed by atoms with Crippen molar-refractivity contribution >= 4 is 5.91 Å². The monoisotopic (exact) mass is 251 g/mol. The van der Waals surface area contributed by atoms with Crippen LogP contribution < -0.4 is 5.73 Å². The van der Waals surface area contributed by atoms with Crippen LogP contribution in [0, 0.1) is 0 Å². The number of rotatable bonds is 3. The van der Waals surface area contributed by atoms with E-state index in [9.17, 15) is 4.79 Å². The number of hydrogen-bond acceptors (Lipinski definition) is 2. The molecule has 0 unspecified atom stereocenters. The van der Waals surface area contributed by atoms with E-state index < -0.39 is 5.91 Å². The highest BCUT2D eigenvalue weighted by atomic mass is 16.3. The van der Waals surface area contributed by atoms with Gasteiger partial charge in [0, 0.05) is 11.1 Å². The first-order chi connectivity index (χ1) is 9.24. The van der Waals surface area contributed by atoms with E-state index in [2.05, 4.69) is 0 Å². The van der Waals surface area contributed by atoms with Crippen molar-refractivity contribution in [2.24, 2.45) is 5.73 Å². The van der Waals surface area contributed by atoms with E-state index in [0.717, 1.165) is 22.5 Å². The number of carbonyl (C=O) groups is 1. The van der Waals surface area contributed by atoms with Crippen LogP contribution in [0.15, 0.2) is 59.0 Å². The molecule has 0 saturated carbocycles. The Morgan fingerprint density at radius 2 is 1.74 bits per heavy atom. The number of amides is 1. The molecule has 94 valence electrons. The number of carbonyl (C=O) groups excluding carboxylic acids is 1. The van der Waals surface area contributed by atoms with Gasteiger partial charge in [0.1, 0.15) is 11.5 Å². The van der Waals surface area contributed by atoms with Crippen molar-refractivity contribution in [3.05, 3.63) is 60.4 Å². The van der Waals surface area contributed by atoms with Crippen LogP contribution in [0.4, 0.5) is 0 Å². The lowest BCUT2D eigenvalue weighted by atomic mass is 10.0. The summed E-state index contributed by atoms with van der Waals surface area (Å²) in [4.78, 5) is 11.2. The van der Waals surface area contributed by atoms with Crippen molar-refractivity contribution in [1.82, 2.24) is 0 Å². The van der Waals surface area contributed by atoms with E-state index in [1.807, 2.05) is 54.6 Å². The van der Waals surface area contributed by atoms with E-state index in [1.165, 1.54) is 0 Å². The molecule has 1 aliphatic carbocycles. The molecule has 1 aromatic rings. The first-order valence-electron chi connectivity index (χ1n) is 6.09. The zero-order valence-electron chi connectivity index (χ0n) is 10.3. The summed E-state index contributed by atoms with van der Waals surface area (Å²) in [5.41, 5.74) is 8.25. The zero-order valence-corrected chi connectivity index (χ0v) is 10.3. The van der Waals surface area contributed by atoms with Gasteiger partial charge in [0.15, 0.2) is 0 Å². The molecule has 0 saturated heterocycles. The molecule has 0 bridgehead atoms. The predicted molar refractivity (Wildman–Crippen MR) is 73.7 cm³/mol. The molecule has 0 fully saturated rings. The molecule has 0 atom stereocenters. The van der Waals surface area contributed by atoms with E-state index in [4.69, 9.17) is 10.2 Å². The lowest BCUT2D eigenvalue weighted by molar-refractivity contribution is -0.117. The molecule has 1 heterocycles. The Bertz CT molecular complexity index is 685. The summed E-state index contributed by atoms with van der Waals surface area (Å²) in [7, 11) is 0. The first kappa shape index (κ1) is 11.5. The summed E-state index contributed by atoms with van der Waals surface area (Å²) < 4.78 is 5.80. The summed E-state index contributed by atoms with van der Waals surface area (Å²) in [6, 6.07) is 17.7. The van der Waals surface area contributed by atoms with E-state index in [-0.39, 0.29) is 6.42 Å². The molecule has 2 aliphatic rings. The molecule has 1 aromatic carbocycles. The van der Waals surface area contributed by atoms with Gasteiger partial charge in [0.2, 0.25) is 5.91 Å². The van der Waals surface area contributed by atoms with Crippen molar-refractivity contribution < 1.29 is 9.21 Å². The maximum atomic E-state index is 11.2. The normalized spacial score (nSPS) is 10.7. The quantitative estimate of drug-likeness (QED) is 0.777. The van der Waals surface area contributed by atoms with Crippen LogP contribution in [0.1, 0.15) is 5.76 Å². The van der Waals surface area contributed by atoms with Gasteiger partial charge in [-0.2, -0.15) is 0 Å². The lowest BCUT2D eigenvalue weighted by Gasteiger charge is -2.11. The van der Waals surface area contributed by atoms with Gasteiger partial charge in [0.05, 0.1) is 6.42 Å². The summed E-state index contributed by atoms with van der Waals surface area (Å²) >= 11 is 0. The average Bonchev–Trinajstić information content (AvgIpc) is 2.85. The van der Waals surface area contributed by atoms with Crippen LogP contribution in [0.2, 0.25) is 0 Å². The van der Waals surface area contributed by atoms with Gasteiger partial charge in [-0.25, -0.2) is 0 Å². The second-order valence-corrected chi connectivity index (χ2v) is 4.44. The molecule has 1 aliphatic heterocycles. The van der Waals surface area contributed by atoms with Crippen molar-refractivity contribution in [2.45, 2.75) is 6.42 Å². The highest BCUT2D eigenvalue weighted by Crippen LogP contribution is 2.33. The fourth-order valence-corrected chi connectivity index (χ4v) is 2.21. The Morgan fingerprint density at radius 3 is 2.47 bits per heavy atom. The van der Waals surface area contributed by atoms with Crippen LogP contribution in [0.25, 0.3) is 22.5 Å². The summed E-state index contributed by atoms with van der Waals surface area (Å²) in [6.45, 7) is 0. The summed E-state index contributed by atoms with van der Waals surface area (Å²) in [5, 5.41) is 0. The van der Waals surface area contributed by atoms with Crippen molar-refractivity contribution in [2.75, 3.05) is 0 Å². The Balaban J connectivity index is 2.20. The second kappa shape index (κ2) is 4.61. The van der Waals surface area contributed by atoms with Crippen LogP contribution in [-0.4, -0.2) is 5.91 Å². The molecule has 3 rings (SSSR count). The summed E-state index contributed by atoms with van der Waals surface area (Å²) in [5.74, 6) is 0.986. The van der Waals surface area contributed by atoms with E-state index in [1.54, 1.807) is 0 Å². The third kappa shape index (κ3) is 2.22. The topological polar surface area (TPSA) is 56.2 Å². The summed E-state index contributed by atoms with van der Waals surface area (Å²) in [6.07, 6.45) is 0.103. The molecule has 0 spiro atoms. The molecule has 19 heavy (non-hydrogen) atoms. The van der Waals surface area contributed by atoms with E-state index in [0.29, 0.717) is 5.76 Å². The van der Waals surface area contributed by atoms with Crippen LogP contribution in [0.3, 0.4) is 0 Å². The predicted octanol–water partition coefficient (Wildman–Crippen LogP) is 3.08. The molecular formula is C16H13NO2. The maximum Gasteiger partial charge on any atom is 0.225 e. The maximum absolute atomic E-state index is 11.2. The number of nitrogens with two attached hydrogens (primary N) is 1.